The first kappa shape index (κ1) is 19.9. The zero-order chi connectivity index (χ0) is 20.6. The highest BCUT2D eigenvalue weighted by Gasteiger charge is 2.44. The van der Waals surface area contributed by atoms with E-state index in [-0.39, 0.29) is 23.4 Å². The minimum Gasteiger partial charge on any atom is -0.336 e. The molecule has 0 radical (unpaired) electrons. The summed E-state index contributed by atoms with van der Waals surface area (Å²) in [6.07, 6.45) is 0. The molecule has 0 spiro atoms. The predicted octanol–water partition coefficient (Wildman–Crippen LogP) is 3.40. The van der Waals surface area contributed by atoms with Gasteiger partial charge in [0.2, 0.25) is 0 Å². The number of hydrogen-bond acceptors (Lipinski definition) is 3. The van der Waals surface area contributed by atoms with Crippen molar-refractivity contribution in [1.82, 2.24) is 14.7 Å². The molecule has 0 aromatic heterocycles. The fourth-order valence-electron chi connectivity index (χ4n) is 4.56. The maximum absolute atomic E-state index is 13.1. The second kappa shape index (κ2) is 7.81. The summed E-state index contributed by atoms with van der Waals surface area (Å²) in [5.41, 5.74) is 1.21. The van der Waals surface area contributed by atoms with Crippen LogP contribution in [-0.2, 0) is 0 Å². The van der Waals surface area contributed by atoms with E-state index < -0.39 is 0 Å². The summed E-state index contributed by atoms with van der Waals surface area (Å²) in [6, 6.07) is 16.6. The molecule has 2 saturated heterocycles. The molecule has 2 aromatic carbocycles. The van der Waals surface area contributed by atoms with Crippen LogP contribution in [0.5, 0.6) is 0 Å². The maximum Gasteiger partial charge on any atom is 0.253 e. The Morgan fingerprint density at radius 2 is 1.45 bits per heavy atom. The Kier molecular flexibility index (Phi) is 5.36. The average Bonchev–Trinajstić information content (AvgIpc) is 2.73. The zero-order valence-corrected chi connectivity index (χ0v) is 17.6. The van der Waals surface area contributed by atoms with Crippen LogP contribution in [0.25, 0.3) is 0 Å². The highest BCUT2D eigenvalue weighted by molar-refractivity contribution is 6.30. The minimum atomic E-state index is -0.146. The van der Waals surface area contributed by atoms with E-state index in [2.05, 4.69) is 18.7 Å². The fourth-order valence-corrected chi connectivity index (χ4v) is 4.69. The van der Waals surface area contributed by atoms with Crippen LogP contribution in [0.15, 0.2) is 54.6 Å². The van der Waals surface area contributed by atoms with Gasteiger partial charge in [0, 0.05) is 60.5 Å². The zero-order valence-electron chi connectivity index (χ0n) is 16.8. The van der Waals surface area contributed by atoms with Gasteiger partial charge in [0.1, 0.15) is 0 Å². The van der Waals surface area contributed by atoms with Crippen LogP contribution in [0, 0.1) is 0 Å². The van der Waals surface area contributed by atoms with Gasteiger partial charge in [0.05, 0.1) is 0 Å². The number of halogens is 1. The van der Waals surface area contributed by atoms with Crippen molar-refractivity contribution in [3.8, 4) is 0 Å². The molecule has 2 heterocycles. The molecule has 0 aliphatic carbocycles. The highest BCUT2D eigenvalue weighted by Crippen LogP contribution is 2.29. The number of piperazine rings is 2. The summed E-state index contributed by atoms with van der Waals surface area (Å²) in [4.78, 5) is 32.3. The van der Waals surface area contributed by atoms with E-state index in [0.717, 1.165) is 6.54 Å². The number of amides is 2. The monoisotopic (exact) mass is 411 g/mol. The second-order valence-corrected chi connectivity index (χ2v) is 8.91. The van der Waals surface area contributed by atoms with Crippen molar-refractivity contribution >= 4 is 23.4 Å². The molecule has 1 atom stereocenters. The van der Waals surface area contributed by atoms with E-state index in [1.54, 1.807) is 24.3 Å². The van der Waals surface area contributed by atoms with Crippen LogP contribution in [-0.4, -0.2) is 70.8 Å². The Morgan fingerprint density at radius 3 is 2.14 bits per heavy atom. The van der Waals surface area contributed by atoms with Crippen molar-refractivity contribution in [2.24, 2.45) is 0 Å². The summed E-state index contributed by atoms with van der Waals surface area (Å²) in [5.74, 6) is 0.0742. The summed E-state index contributed by atoms with van der Waals surface area (Å²) in [6.45, 7) is 7.78. The number of carbonyl (C=O) groups excluding carboxylic acids is 2. The Balaban J connectivity index is 1.52. The number of hydrogen-bond donors (Lipinski definition) is 0. The molecule has 0 bridgehead atoms. The molecule has 2 aliphatic rings. The lowest BCUT2D eigenvalue weighted by atomic mass is 9.92. The molecule has 2 aliphatic heterocycles. The molecule has 29 heavy (non-hydrogen) atoms. The van der Waals surface area contributed by atoms with Crippen molar-refractivity contribution in [2.45, 2.75) is 25.4 Å². The van der Waals surface area contributed by atoms with Crippen molar-refractivity contribution in [3.05, 3.63) is 70.7 Å². The summed E-state index contributed by atoms with van der Waals surface area (Å²) in [7, 11) is 0. The largest absolute Gasteiger partial charge is 0.336 e. The predicted molar refractivity (Wildman–Crippen MR) is 114 cm³/mol. The van der Waals surface area contributed by atoms with Crippen LogP contribution < -0.4 is 0 Å². The molecule has 5 nitrogen and oxygen atoms in total. The molecule has 2 aromatic rings. The summed E-state index contributed by atoms with van der Waals surface area (Å²) < 4.78 is 0. The standard InChI is InChI=1S/C23H26ClN3O2/c1-23(2)16-26(22(29)18-8-10-19(24)11-9-18)15-20-14-25(12-13-27(20)23)21(28)17-6-4-3-5-7-17/h3-11,20H,12-16H2,1-2H3/t20-/m0/s1. The van der Waals surface area contributed by atoms with E-state index in [0.29, 0.717) is 42.3 Å². The van der Waals surface area contributed by atoms with E-state index in [9.17, 15) is 9.59 Å². The Labute approximate surface area is 176 Å². The van der Waals surface area contributed by atoms with Gasteiger partial charge in [0.25, 0.3) is 11.8 Å². The second-order valence-electron chi connectivity index (χ2n) is 8.47. The Morgan fingerprint density at radius 1 is 0.862 bits per heavy atom. The summed E-state index contributed by atoms with van der Waals surface area (Å²) in [5, 5.41) is 0.619. The van der Waals surface area contributed by atoms with Crippen molar-refractivity contribution in [2.75, 3.05) is 32.7 Å². The van der Waals surface area contributed by atoms with Gasteiger partial charge in [-0.25, -0.2) is 0 Å². The third-order valence-electron chi connectivity index (χ3n) is 5.96. The van der Waals surface area contributed by atoms with Gasteiger partial charge in [-0.1, -0.05) is 29.8 Å². The molecule has 2 fully saturated rings. The quantitative estimate of drug-likeness (QED) is 0.760. The first-order chi connectivity index (χ1) is 13.8. The van der Waals surface area contributed by atoms with Crippen LogP contribution >= 0.6 is 11.6 Å². The first-order valence-corrected chi connectivity index (χ1v) is 10.4. The Bertz CT molecular complexity index is 898. The van der Waals surface area contributed by atoms with Gasteiger partial charge in [0.15, 0.2) is 0 Å². The minimum absolute atomic E-state index is 0.0147. The number of carbonyl (C=O) groups is 2. The lowest BCUT2D eigenvalue weighted by Gasteiger charge is -2.55. The average molecular weight is 412 g/mol. The van der Waals surface area contributed by atoms with Crippen LogP contribution in [0.1, 0.15) is 34.6 Å². The van der Waals surface area contributed by atoms with E-state index >= 15 is 0 Å². The fraction of sp³-hybridized carbons (Fsp3) is 0.391. The van der Waals surface area contributed by atoms with E-state index in [1.165, 1.54) is 0 Å². The third-order valence-corrected chi connectivity index (χ3v) is 6.21. The van der Waals surface area contributed by atoms with Gasteiger partial charge in [-0.2, -0.15) is 0 Å². The SMILES string of the molecule is CC1(C)CN(C(=O)c2ccc(Cl)cc2)C[C@@H]2CN(C(=O)c3ccccc3)CCN21. The molecule has 0 saturated carbocycles. The number of nitrogens with zero attached hydrogens (tertiary/aromatic N) is 3. The highest BCUT2D eigenvalue weighted by atomic mass is 35.5. The maximum atomic E-state index is 13.1. The van der Waals surface area contributed by atoms with Gasteiger partial charge < -0.3 is 9.80 Å². The number of fused-ring (bicyclic) bond motifs is 1. The smallest absolute Gasteiger partial charge is 0.253 e. The van der Waals surface area contributed by atoms with Crippen LogP contribution in [0.2, 0.25) is 5.02 Å². The molecule has 0 N–H and O–H groups in total. The van der Waals surface area contributed by atoms with Gasteiger partial charge in [-0.05, 0) is 50.2 Å². The number of rotatable bonds is 2. The molecule has 2 amide bonds. The topological polar surface area (TPSA) is 43.9 Å². The van der Waals surface area contributed by atoms with Crippen molar-refractivity contribution in [3.63, 3.8) is 0 Å². The first-order valence-electron chi connectivity index (χ1n) is 10.0. The van der Waals surface area contributed by atoms with Gasteiger partial charge >= 0.3 is 0 Å². The molecule has 152 valence electrons. The van der Waals surface area contributed by atoms with E-state index in [1.807, 2.05) is 40.1 Å². The Hall–Kier alpha value is -2.37. The van der Waals surface area contributed by atoms with E-state index in [4.69, 9.17) is 11.6 Å². The van der Waals surface area contributed by atoms with Gasteiger partial charge in [-0.3, -0.25) is 14.5 Å². The van der Waals surface area contributed by atoms with Crippen molar-refractivity contribution in [1.29, 1.82) is 0 Å². The molecular formula is C23H26ClN3O2. The van der Waals surface area contributed by atoms with Crippen LogP contribution in [0.4, 0.5) is 0 Å². The molecular weight excluding hydrogens is 386 g/mol. The molecule has 6 heteroatoms. The third kappa shape index (κ3) is 4.02. The normalized spacial score (nSPS) is 21.6. The van der Waals surface area contributed by atoms with Crippen molar-refractivity contribution < 1.29 is 9.59 Å². The summed E-state index contributed by atoms with van der Waals surface area (Å²) >= 11 is 5.97. The molecule has 4 rings (SSSR count). The van der Waals surface area contributed by atoms with Gasteiger partial charge in [-0.15, -0.1) is 0 Å². The lowest BCUT2D eigenvalue weighted by molar-refractivity contribution is -0.0507. The molecule has 0 unspecified atom stereocenters. The number of benzene rings is 2. The lowest BCUT2D eigenvalue weighted by Crippen LogP contribution is -2.70. The van der Waals surface area contributed by atoms with Crippen LogP contribution in [0.3, 0.4) is 0 Å².